The minimum Gasteiger partial charge on any atom is -0.493 e. The molecule has 0 fully saturated rings. The Bertz CT molecular complexity index is 584. The molecule has 1 aromatic heterocycles. The van der Waals surface area contributed by atoms with Crippen molar-refractivity contribution in [2.24, 2.45) is 0 Å². The molecule has 2 rings (SSSR count). The van der Waals surface area contributed by atoms with Crippen LogP contribution < -0.4 is 14.8 Å². The molecule has 21 heavy (non-hydrogen) atoms. The molecule has 0 atom stereocenters. The maximum absolute atomic E-state index is 5.31. The van der Waals surface area contributed by atoms with Crippen molar-refractivity contribution < 1.29 is 9.47 Å². The summed E-state index contributed by atoms with van der Waals surface area (Å²) < 4.78 is 10.5. The molecular weight excluding hydrogens is 286 g/mol. The molecular formula is C15H21N3O2S. The molecule has 0 radical (unpaired) electrons. The standard InChI is InChI=1S/C15H21N3O2S/c1-10(2)14-17-18-15(21-14)16-8-7-11-5-6-12(19-3)13(9-11)20-4/h5-6,9-10H,7-8H2,1-4H3,(H,16,18). The second-order valence-corrected chi connectivity index (χ2v) is 5.98. The third-order valence-electron chi connectivity index (χ3n) is 3.07. The molecule has 1 aromatic carbocycles. The minimum absolute atomic E-state index is 0.420. The zero-order chi connectivity index (χ0) is 15.2. The fraction of sp³-hybridized carbons (Fsp3) is 0.467. The Morgan fingerprint density at radius 3 is 2.52 bits per heavy atom. The molecule has 0 aliphatic heterocycles. The van der Waals surface area contributed by atoms with Gasteiger partial charge in [0.2, 0.25) is 5.13 Å². The first-order valence-corrected chi connectivity index (χ1v) is 7.74. The molecule has 0 amide bonds. The predicted octanol–water partition coefficient (Wildman–Crippen LogP) is 3.33. The third kappa shape index (κ3) is 4.07. The number of nitrogens with one attached hydrogen (secondary N) is 1. The average Bonchev–Trinajstić information content (AvgIpc) is 2.96. The largest absolute Gasteiger partial charge is 0.493 e. The van der Waals surface area contributed by atoms with Gasteiger partial charge in [-0.3, -0.25) is 0 Å². The monoisotopic (exact) mass is 307 g/mol. The van der Waals surface area contributed by atoms with Crippen LogP contribution in [-0.2, 0) is 6.42 Å². The SMILES string of the molecule is COc1ccc(CCNc2nnc(C(C)C)s2)cc1OC. The van der Waals surface area contributed by atoms with E-state index in [1.54, 1.807) is 25.6 Å². The lowest BCUT2D eigenvalue weighted by molar-refractivity contribution is 0.354. The highest BCUT2D eigenvalue weighted by Gasteiger charge is 2.08. The van der Waals surface area contributed by atoms with Crippen molar-refractivity contribution in [3.05, 3.63) is 28.8 Å². The summed E-state index contributed by atoms with van der Waals surface area (Å²) >= 11 is 1.61. The smallest absolute Gasteiger partial charge is 0.205 e. The first kappa shape index (κ1) is 15.6. The first-order chi connectivity index (χ1) is 10.1. The number of anilines is 1. The van der Waals surface area contributed by atoms with Crippen molar-refractivity contribution in [2.45, 2.75) is 26.2 Å². The van der Waals surface area contributed by atoms with Crippen molar-refractivity contribution in [2.75, 3.05) is 26.1 Å². The molecule has 0 spiro atoms. The van der Waals surface area contributed by atoms with E-state index in [4.69, 9.17) is 9.47 Å². The Morgan fingerprint density at radius 1 is 1.14 bits per heavy atom. The zero-order valence-corrected chi connectivity index (χ0v) is 13.7. The van der Waals surface area contributed by atoms with Crippen LogP contribution in [0, 0.1) is 0 Å². The quantitative estimate of drug-likeness (QED) is 0.850. The average molecular weight is 307 g/mol. The summed E-state index contributed by atoms with van der Waals surface area (Å²) in [5.41, 5.74) is 1.19. The molecule has 1 heterocycles. The third-order valence-corrected chi connectivity index (χ3v) is 4.25. The molecule has 0 saturated heterocycles. The van der Waals surface area contributed by atoms with Crippen molar-refractivity contribution in [1.82, 2.24) is 10.2 Å². The second-order valence-electron chi connectivity index (χ2n) is 4.97. The number of benzene rings is 1. The fourth-order valence-corrected chi connectivity index (χ4v) is 2.66. The van der Waals surface area contributed by atoms with Crippen LogP contribution in [0.5, 0.6) is 11.5 Å². The molecule has 5 nitrogen and oxygen atoms in total. The van der Waals surface area contributed by atoms with Crippen molar-refractivity contribution in [3.8, 4) is 11.5 Å². The Kier molecular flexibility index (Phi) is 5.38. The van der Waals surface area contributed by atoms with E-state index in [9.17, 15) is 0 Å². The molecule has 0 bridgehead atoms. The van der Waals surface area contributed by atoms with Gasteiger partial charge in [0.25, 0.3) is 0 Å². The van der Waals surface area contributed by atoms with Crippen LogP contribution in [0.2, 0.25) is 0 Å². The van der Waals surface area contributed by atoms with Gasteiger partial charge in [-0.2, -0.15) is 0 Å². The molecule has 0 aliphatic rings. The molecule has 1 N–H and O–H groups in total. The van der Waals surface area contributed by atoms with Gasteiger partial charge in [0.15, 0.2) is 11.5 Å². The molecule has 0 aliphatic carbocycles. The van der Waals surface area contributed by atoms with Gasteiger partial charge >= 0.3 is 0 Å². The summed E-state index contributed by atoms with van der Waals surface area (Å²) in [7, 11) is 3.29. The van der Waals surface area contributed by atoms with E-state index in [0.29, 0.717) is 5.92 Å². The van der Waals surface area contributed by atoms with E-state index < -0.39 is 0 Å². The summed E-state index contributed by atoms with van der Waals surface area (Å²) in [6.07, 6.45) is 0.886. The number of ether oxygens (including phenoxy) is 2. The number of hydrogen-bond acceptors (Lipinski definition) is 6. The molecule has 6 heteroatoms. The zero-order valence-electron chi connectivity index (χ0n) is 12.8. The Morgan fingerprint density at radius 2 is 1.90 bits per heavy atom. The fourth-order valence-electron chi connectivity index (χ4n) is 1.89. The molecule has 114 valence electrons. The van der Waals surface area contributed by atoms with Gasteiger partial charge in [0, 0.05) is 12.5 Å². The normalized spacial score (nSPS) is 10.7. The molecule has 0 unspecified atom stereocenters. The highest BCUT2D eigenvalue weighted by molar-refractivity contribution is 7.15. The van der Waals surface area contributed by atoms with Gasteiger partial charge in [0.1, 0.15) is 5.01 Å². The predicted molar refractivity (Wildman–Crippen MR) is 85.7 cm³/mol. The van der Waals surface area contributed by atoms with Crippen LogP contribution in [0.3, 0.4) is 0 Å². The van der Waals surface area contributed by atoms with E-state index in [2.05, 4.69) is 29.4 Å². The minimum atomic E-state index is 0.420. The van der Waals surface area contributed by atoms with Crippen LogP contribution >= 0.6 is 11.3 Å². The molecule has 0 saturated carbocycles. The highest BCUT2D eigenvalue weighted by Crippen LogP contribution is 2.28. The van der Waals surface area contributed by atoms with Gasteiger partial charge < -0.3 is 14.8 Å². The van der Waals surface area contributed by atoms with Gasteiger partial charge in [-0.1, -0.05) is 31.3 Å². The van der Waals surface area contributed by atoms with Crippen LogP contribution in [0.25, 0.3) is 0 Å². The first-order valence-electron chi connectivity index (χ1n) is 6.92. The second kappa shape index (κ2) is 7.26. The summed E-state index contributed by atoms with van der Waals surface area (Å²) in [6.45, 7) is 5.05. The van der Waals surface area contributed by atoms with Crippen molar-refractivity contribution in [1.29, 1.82) is 0 Å². The lowest BCUT2D eigenvalue weighted by Crippen LogP contribution is -2.04. The Labute approximate surface area is 129 Å². The maximum Gasteiger partial charge on any atom is 0.205 e. The summed E-state index contributed by atoms with van der Waals surface area (Å²) in [5.74, 6) is 1.93. The van der Waals surface area contributed by atoms with Gasteiger partial charge in [-0.25, -0.2) is 0 Å². The van der Waals surface area contributed by atoms with Crippen LogP contribution in [0.1, 0.15) is 30.3 Å². The van der Waals surface area contributed by atoms with E-state index in [-0.39, 0.29) is 0 Å². The van der Waals surface area contributed by atoms with E-state index >= 15 is 0 Å². The number of aromatic nitrogens is 2. The lowest BCUT2D eigenvalue weighted by Gasteiger charge is -2.09. The number of hydrogen-bond donors (Lipinski definition) is 1. The van der Waals surface area contributed by atoms with E-state index in [1.165, 1.54) is 5.56 Å². The van der Waals surface area contributed by atoms with Gasteiger partial charge in [-0.15, -0.1) is 10.2 Å². The van der Waals surface area contributed by atoms with Crippen molar-refractivity contribution in [3.63, 3.8) is 0 Å². The Hall–Kier alpha value is -1.82. The number of methoxy groups -OCH3 is 2. The van der Waals surface area contributed by atoms with Crippen molar-refractivity contribution >= 4 is 16.5 Å². The van der Waals surface area contributed by atoms with E-state index in [0.717, 1.165) is 34.6 Å². The van der Waals surface area contributed by atoms with Gasteiger partial charge in [0.05, 0.1) is 14.2 Å². The topological polar surface area (TPSA) is 56.3 Å². The number of nitrogens with zero attached hydrogens (tertiary/aromatic N) is 2. The van der Waals surface area contributed by atoms with E-state index in [1.807, 2.05) is 18.2 Å². The molecule has 2 aromatic rings. The van der Waals surface area contributed by atoms with Crippen LogP contribution in [0.15, 0.2) is 18.2 Å². The lowest BCUT2D eigenvalue weighted by atomic mass is 10.1. The maximum atomic E-state index is 5.31. The summed E-state index contributed by atoms with van der Waals surface area (Å²) in [4.78, 5) is 0. The van der Waals surface area contributed by atoms with Gasteiger partial charge in [-0.05, 0) is 24.1 Å². The van der Waals surface area contributed by atoms with Crippen LogP contribution in [-0.4, -0.2) is 31.0 Å². The summed E-state index contributed by atoms with van der Waals surface area (Å²) in [5, 5.41) is 13.5. The van der Waals surface area contributed by atoms with Crippen LogP contribution in [0.4, 0.5) is 5.13 Å². The Balaban J connectivity index is 1.90. The highest BCUT2D eigenvalue weighted by atomic mass is 32.1. The number of rotatable bonds is 7. The summed E-state index contributed by atoms with van der Waals surface area (Å²) in [6, 6.07) is 5.97.